The van der Waals surface area contributed by atoms with Crippen LogP contribution in [0.3, 0.4) is 0 Å². The maximum atomic E-state index is 12.4. The zero-order valence-corrected chi connectivity index (χ0v) is 15.6. The lowest BCUT2D eigenvalue weighted by atomic mass is 9.72. The van der Waals surface area contributed by atoms with E-state index < -0.39 is 0 Å². The summed E-state index contributed by atoms with van der Waals surface area (Å²) in [6, 6.07) is 4.03. The number of carbonyl (C=O) groups excluding carboxylic acids is 1. The third-order valence-corrected chi connectivity index (χ3v) is 6.31. The van der Waals surface area contributed by atoms with Crippen LogP contribution in [-0.4, -0.2) is 58.9 Å². The summed E-state index contributed by atoms with van der Waals surface area (Å²) in [5, 5.41) is 0. The van der Waals surface area contributed by atoms with Gasteiger partial charge in [-0.25, -0.2) is 0 Å². The molecule has 0 atom stereocenters. The summed E-state index contributed by atoms with van der Waals surface area (Å²) >= 11 is 1.94. The van der Waals surface area contributed by atoms with Crippen LogP contribution in [0.15, 0.2) is 24.5 Å². The van der Waals surface area contributed by atoms with Crippen LogP contribution in [0, 0.1) is 5.41 Å². The smallest absolute Gasteiger partial charge is 0.222 e. The zero-order valence-electron chi connectivity index (χ0n) is 14.7. The number of hydrogen-bond donors (Lipinski definition) is 0. The molecule has 24 heavy (non-hydrogen) atoms. The number of pyridine rings is 1. The first-order valence-corrected chi connectivity index (χ1v) is 10.5. The molecule has 0 radical (unpaired) electrons. The number of rotatable bonds is 6. The second kappa shape index (κ2) is 8.34. The molecular formula is C19H29N3OS. The number of carbonyl (C=O) groups is 1. The Kier molecular flexibility index (Phi) is 6.17. The summed E-state index contributed by atoms with van der Waals surface area (Å²) in [7, 11) is 0. The van der Waals surface area contributed by atoms with Gasteiger partial charge in [0, 0.05) is 31.9 Å². The second-order valence-corrected chi connectivity index (χ2v) is 8.28. The van der Waals surface area contributed by atoms with E-state index in [2.05, 4.69) is 21.0 Å². The van der Waals surface area contributed by atoms with Crippen molar-refractivity contribution in [3.63, 3.8) is 0 Å². The molecule has 2 saturated heterocycles. The Morgan fingerprint density at radius 3 is 2.67 bits per heavy atom. The fraction of sp³-hybridized carbons (Fsp3) is 0.684. The average molecular weight is 348 g/mol. The van der Waals surface area contributed by atoms with Crippen LogP contribution in [0.25, 0.3) is 0 Å². The van der Waals surface area contributed by atoms with Gasteiger partial charge in [0.15, 0.2) is 0 Å². The summed E-state index contributed by atoms with van der Waals surface area (Å²) in [4.78, 5) is 21.1. The molecular weight excluding hydrogens is 318 g/mol. The van der Waals surface area contributed by atoms with E-state index in [4.69, 9.17) is 0 Å². The predicted molar refractivity (Wildman–Crippen MR) is 100.0 cm³/mol. The highest BCUT2D eigenvalue weighted by molar-refractivity contribution is 7.98. The lowest BCUT2D eigenvalue weighted by molar-refractivity contribution is -0.139. The molecule has 1 spiro atoms. The molecule has 0 aromatic carbocycles. The molecule has 2 fully saturated rings. The van der Waals surface area contributed by atoms with Gasteiger partial charge in [-0.2, -0.15) is 11.8 Å². The summed E-state index contributed by atoms with van der Waals surface area (Å²) in [6.07, 6.45) is 11.4. The van der Waals surface area contributed by atoms with E-state index in [1.54, 1.807) is 0 Å². The average Bonchev–Trinajstić information content (AvgIpc) is 2.61. The van der Waals surface area contributed by atoms with Crippen LogP contribution in [0.1, 0.15) is 37.7 Å². The number of piperidine rings is 2. The predicted octanol–water partition coefficient (Wildman–Crippen LogP) is 3.04. The van der Waals surface area contributed by atoms with Gasteiger partial charge in [0.2, 0.25) is 5.91 Å². The molecule has 1 aromatic heterocycles. The molecule has 4 nitrogen and oxygen atoms in total. The monoisotopic (exact) mass is 347 g/mol. The summed E-state index contributed by atoms with van der Waals surface area (Å²) < 4.78 is 0. The van der Waals surface area contributed by atoms with Crippen LogP contribution in [-0.2, 0) is 11.3 Å². The minimum atomic E-state index is 0.319. The van der Waals surface area contributed by atoms with Gasteiger partial charge in [0.25, 0.3) is 0 Å². The first kappa shape index (κ1) is 17.7. The Morgan fingerprint density at radius 1 is 1.21 bits per heavy atom. The largest absolute Gasteiger partial charge is 0.338 e. The van der Waals surface area contributed by atoms with Crippen molar-refractivity contribution in [2.45, 2.75) is 38.6 Å². The van der Waals surface area contributed by atoms with Gasteiger partial charge in [-0.3, -0.25) is 9.78 Å². The third kappa shape index (κ3) is 4.51. The molecule has 0 saturated carbocycles. The van der Waals surface area contributed by atoms with E-state index >= 15 is 0 Å². The summed E-state index contributed by atoms with van der Waals surface area (Å²) in [5.74, 6) is 1.58. The van der Waals surface area contributed by atoms with E-state index in [9.17, 15) is 4.79 Å². The van der Waals surface area contributed by atoms with Crippen molar-refractivity contribution in [2.24, 2.45) is 5.41 Å². The van der Waals surface area contributed by atoms with E-state index in [-0.39, 0.29) is 0 Å². The molecule has 1 amide bonds. The molecule has 3 rings (SSSR count). The fourth-order valence-corrected chi connectivity index (χ4v) is 4.46. The Morgan fingerprint density at radius 2 is 1.96 bits per heavy atom. The van der Waals surface area contributed by atoms with Crippen molar-refractivity contribution in [1.29, 1.82) is 0 Å². The highest BCUT2D eigenvalue weighted by atomic mass is 32.2. The van der Waals surface area contributed by atoms with Crippen LogP contribution >= 0.6 is 11.8 Å². The van der Waals surface area contributed by atoms with E-state index in [0.717, 1.165) is 25.9 Å². The van der Waals surface area contributed by atoms with E-state index in [0.29, 0.717) is 11.3 Å². The third-order valence-electron chi connectivity index (χ3n) is 5.61. The van der Waals surface area contributed by atoms with Gasteiger partial charge in [-0.15, -0.1) is 0 Å². The Hall–Kier alpha value is -1.07. The number of likely N-dealkylation sites (tertiary alicyclic amines) is 2. The van der Waals surface area contributed by atoms with Gasteiger partial charge in [0.05, 0.1) is 0 Å². The zero-order chi connectivity index (χ0) is 16.8. The Bertz CT molecular complexity index is 529. The number of nitrogens with zero attached hydrogens (tertiary/aromatic N) is 3. The van der Waals surface area contributed by atoms with E-state index in [1.165, 1.54) is 50.2 Å². The number of thioether (sulfide) groups is 1. The van der Waals surface area contributed by atoms with Gasteiger partial charge in [-0.05, 0) is 80.4 Å². The highest BCUT2D eigenvalue weighted by Gasteiger charge is 2.40. The molecule has 1 aromatic rings. The van der Waals surface area contributed by atoms with Crippen molar-refractivity contribution in [3.8, 4) is 0 Å². The second-order valence-electron chi connectivity index (χ2n) is 7.29. The van der Waals surface area contributed by atoms with E-state index in [1.807, 2.05) is 36.3 Å². The molecule has 0 bridgehead atoms. The van der Waals surface area contributed by atoms with Crippen molar-refractivity contribution < 1.29 is 4.79 Å². The standard InChI is InChI=1S/C19H29N3OS/c1-24-14-2-11-21-12-7-19(8-13-21)6-3-18(23)22(16-19)15-17-4-9-20-10-5-17/h4-5,9-10H,2-3,6-8,11-16H2,1H3. The molecule has 2 aliphatic rings. The lowest BCUT2D eigenvalue weighted by Gasteiger charge is -2.47. The van der Waals surface area contributed by atoms with Crippen molar-refractivity contribution in [1.82, 2.24) is 14.8 Å². The highest BCUT2D eigenvalue weighted by Crippen LogP contribution is 2.40. The topological polar surface area (TPSA) is 36.4 Å². The molecule has 3 heterocycles. The minimum Gasteiger partial charge on any atom is -0.338 e. The lowest BCUT2D eigenvalue weighted by Crippen LogP contribution is -2.51. The molecule has 5 heteroatoms. The molecule has 0 aliphatic carbocycles. The van der Waals surface area contributed by atoms with Gasteiger partial charge in [0.1, 0.15) is 0 Å². The number of amides is 1. The maximum absolute atomic E-state index is 12.4. The van der Waals surface area contributed by atoms with Crippen LogP contribution < -0.4 is 0 Å². The summed E-state index contributed by atoms with van der Waals surface area (Å²) in [6.45, 7) is 5.31. The van der Waals surface area contributed by atoms with Gasteiger partial charge in [-0.1, -0.05) is 0 Å². The van der Waals surface area contributed by atoms with Crippen molar-refractivity contribution >= 4 is 17.7 Å². The molecule has 2 aliphatic heterocycles. The quantitative estimate of drug-likeness (QED) is 0.741. The normalized spacial score (nSPS) is 21.4. The number of hydrogen-bond acceptors (Lipinski definition) is 4. The SMILES string of the molecule is CSCCCN1CCC2(CCC(=O)N(Cc3ccncc3)C2)CC1. The van der Waals surface area contributed by atoms with Gasteiger partial charge >= 0.3 is 0 Å². The molecule has 0 N–H and O–H groups in total. The van der Waals surface area contributed by atoms with Crippen LogP contribution in [0.2, 0.25) is 0 Å². The molecule has 0 unspecified atom stereocenters. The number of aromatic nitrogens is 1. The fourth-order valence-electron chi connectivity index (χ4n) is 4.05. The summed E-state index contributed by atoms with van der Waals surface area (Å²) in [5.41, 5.74) is 1.54. The molecule has 132 valence electrons. The first-order chi connectivity index (χ1) is 11.7. The van der Waals surface area contributed by atoms with Crippen molar-refractivity contribution in [3.05, 3.63) is 30.1 Å². The Balaban J connectivity index is 1.54. The Labute approximate surface area is 150 Å². The van der Waals surface area contributed by atoms with Gasteiger partial charge < -0.3 is 9.80 Å². The first-order valence-electron chi connectivity index (χ1n) is 9.09. The van der Waals surface area contributed by atoms with Crippen molar-refractivity contribution in [2.75, 3.05) is 38.2 Å². The minimum absolute atomic E-state index is 0.319. The van der Waals surface area contributed by atoms with Crippen LogP contribution in [0.5, 0.6) is 0 Å². The maximum Gasteiger partial charge on any atom is 0.222 e. The van der Waals surface area contributed by atoms with Crippen LogP contribution in [0.4, 0.5) is 0 Å².